The molecule has 1 atom stereocenters. The van der Waals surface area contributed by atoms with Crippen LogP contribution in [0.1, 0.15) is 24.5 Å². The number of nitrogens with zero attached hydrogens (tertiary/aromatic N) is 1. The molecule has 1 aliphatic rings. The van der Waals surface area contributed by atoms with Gasteiger partial charge in [-0.1, -0.05) is 19.1 Å². The Balaban J connectivity index is 1.92. The fourth-order valence-electron chi connectivity index (χ4n) is 3.44. The van der Waals surface area contributed by atoms with Crippen molar-refractivity contribution in [1.29, 1.82) is 0 Å². The van der Waals surface area contributed by atoms with Crippen LogP contribution in [0, 0.1) is 5.92 Å². The molecule has 3 rings (SSSR count). The maximum atomic E-state index is 13.2. The summed E-state index contributed by atoms with van der Waals surface area (Å²) in [6, 6.07) is 9.36. The van der Waals surface area contributed by atoms with Crippen molar-refractivity contribution >= 4 is 33.3 Å². The molecule has 2 N–H and O–H groups in total. The van der Waals surface area contributed by atoms with Gasteiger partial charge in [0.15, 0.2) is 11.5 Å². The zero-order chi connectivity index (χ0) is 24.2. The highest BCUT2D eigenvalue weighted by Gasteiger charge is 2.25. The molecule has 1 aliphatic heterocycles. The number of ether oxygens (including phenoxy) is 3. The van der Waals surface area contributed by atoms with Crippen LogP contribution < -0.4 is 19.6 Å². The molecule has 0 aliphatic carbocycles. The summed E-state index contributed by atoms with van der Waals surface area (Å²) in [5.41, 5.74) is 4.45. The van der Waals surface area contributed by atoms with E-state index >= 15 is 0 Å². The van der Waals surface area contributed by atoms with Crippen LogP contribution in [0.4, 0.5) is 5.69 Å². The van der Waals surface area contributed by atoms with Crippen LogP contribution in [-0.4, -0.2) is 47.3 Å². The number of benzene rings is 2. The van der Waals surface area contributed by atoms with Gasteiger partial charge in [0.1, 0.15) is 0 Å². The van der Waals surface area contributed by atoms with E-state index in [1.807, 2.05) is 6.92 Å². The number of nitrogens with one attached hydrogen (secondary N) is 2. The molecule has 0 radical (unpaired) electrons. The highest BCUT2D eigenvalue weighted by atomic mass is 32.2. The molecule has 0 fully saturated rings. The number of sulfonamides is 1. The molecular weight excluding hydrogens is 450 g/mol. The van der Waals surface area contributed by atoms with Crippen LogP contribution in [0.25, 0.3) is 0 Å². The largest absolute Gasteiger partial charge is 0.493 e. The number of rotatable bonds is 8. The number of methoxy groups -OCH3 is 3. The molecule has 0 aromatic heterocycles. The smallest absolute Gasteiger partial charge is 0.310 e. The van der Waals surface area contributed by atoms with Crippen molar-refractivity contribution in [3.8, 4) is 11.5 Å². The first-order valence-corrected chi connectivity index (χ1v) is 11.5. The molecule has 1 heterocycles. The van der Waals surface area contributed by atoms with Gasteiger partial charge in [-0.2, -0.15) is 5.10 Å². The normalized spacial score (nSPS) is 15.8. The Kier molecular flexibility index (Phi) is 7.22. The quantitative estimate of drug-likeness (QED) is 0.559. The lowest BCUT2D eigenvalue weighted by atomic mass is 9.94. The lowest BCUT2D eigenvalue weighted by molar-refractivity contribution is -0.139. The number of hydrazone groups is 1. The van der Waals surface area contributed by atoms with Crippen LogP contribution in [0.15, 0.2) is 46.4 Å². The molecule has 0 spiro atoms. The van der Waals surface area contributed by atoms with E-state index in [1.165, 1.54) is 33.5 Å². The van der Waals surface area contributed by atoms with Crippen molar-refractivity contribution in [1.82, 2.24) is 5.43 Å². The van der Waals surface area contributed by atoms with E-state index in [0.717, 1.165) is 5.56 Å². The topological polar surface area (TPSA) is 132 Å². The Morgan fingerprint density at radius 2 is 1.76 bits per heavy atom. The summed E-state index contributed by atoms with van der Waals surface area (Å²) in [5, 5.41) is 4.11. The van der Waals surface area contributed by atoms with E-state index < -0.39 is 16.0 Å². The van der Waals surface area contributed by atoms with Crippen molar-refractivity contribution in [3.63, 3.8) is 0 Å². The molecule has 0 saturated carbocycles. The van der Waals surface area contributed by atoms with Gasteiger partial charge in [0.05, 0.1) is 38.4 Å². The van der Waals surface area contributed by atoms with Crippen molar-refractivity contribution in [3.05, 3.63) is 47.5 Å². The lowest BCUT2D eigenvalue weighted by Gasteiger charge is -2.19. The Labute approximate surface area is 192 Å². The van der Waals surface area contributed by atoms with Gasteiger partial charge in [0, 0.05) is 24.1 Å². The summed E-state index contributed by atoms with van der Waals surface area (Å²) in [6.45, 7) is 1.90. The molecule has 0 saturated heterocycles. The van der Waals surface area contributed by atoms with Gasteiger partial charge in [0.2, 0.25) is 5.91 Å². The molecule has 11 heteroatoms. The Bertz CT molecular complexity index is 1190. The van der Waals surface area contributed by atoms with Gasteiger partial charge in [-0.05, 0) is 29.3 Å². The third-order valence-corrected chi connectivity index (χ3v) is 6.57. The number of hydrogen-bond acceptors (Lipinski definition) is 8. The van der Waals surface area contributed by atoms with Crippen molar-refractivity contribution < 1.29 is 32.2 Å². The number of carbonyl (C=O) groups excluding carboxylic acids is 2. The van der Waals surface area contributed by atoms with E-state index in [1.54, 1.807) is 24.3 Å². The first kappa shape index (κ1) is 24.1. The molecule has 2 aromatic rings. The predicted octanol–water partition coefficient (Wildman–Crippen LogP) is 2.08. The van der Waals surface area contributed by atoms with Crippen LogP contribution in [0.2, 0.25) is 0 Å². The molecule has 0 bridgehead atoms. The second-order valence-corrected chi connectivity index (χ2v) is 9.04. The van der Waals surface area contributed by atoms with Crippen molar-refractivity contribution in [2.24, 2.45) is 11.0 Å². The van der Waals surface area contributed by atoms with Crippen LogP contribution >= 0.6 is 0 Å². The summed E-state index contributed by atoms with van der Waals surface area (Å²) >= 11 is 0. The standard InChI is InChI=1S/C22H25N3O7S/c1-13-9-20(26)23-24-22(13)14-5-7-16(8-6-14)25-33(28,29)19-12-18(31-3)17(30-2)10-15(19)11-21(27)32-4/h5-8,10,12-13,25H,9,11H2,1-4H3,(H,23,26). The second kappa shape index (κ2) is 9.90. The fourth-order valence-corrected chi connectivity index (χ4v) is 4.73. The minimum Gasteiger partial charge on any atom is -0.493 e. The summed E-state index contributed by atoms with van der Waals surface area (Å²) in [7, 11) is -0.0695. The molecule has 2 aromatic carbocycles. The number of anilines is 1. The number of carbonyl (C=O) groups is 2. The molecule has 176 valence electrons. The van der Waals surface area contributed by atoms with E-state index in [2.05, 4.69) is 15.2 Å². The van der Waals surface area contributed by atoms with Gasteiger partial charge in [-0.3, -0.25) is 14.3 Å². The van der Waals surface area contributed by atoms with Gasteiger partial charge in [-0.15, -0.1) is 0 Å². The molecule has 10 nitrogen and oxygen atoms in total. The molecule has 1 unspecified atom stereocenters. The second-order valence-electron chi connectivity index (χ2n) is 7.39. The Morgan fingerprint density at radius 3 is 2.33 bits per heavy atom. The average Bonchev–Trinajstić information content (AvgIpc) is 2.79. The lowest BCUT2D eigenvalue weighted by Crippen LogP contribution is -2.31. The van der Waals surface area contributed by atoms with Crippen molar-refractivity contribution in [2.75, 3.05) is 26.1 Å². The minimum atomic E-state index is -4.09. The molecule has 1 amide bonds. The monoisotopic (exact) mass is 475 g/mol. The van der Waals surface area contributed by atoms with Gasteiger partial charge in [-0.25, -0.2) is 13.8 Å². The molecular formula is C22H25N3O7S. The van der Waals surface area contributed by atoms with E-state index in [9.17, 15) is 18.0 Å². The predicted molar refractivity (Wildman–Crippen MR) is 121 cm³/mol. The average molecular weight is 476 g/mol. The Morgan fingerprint density at radius 1 is 1.12 bits per heavy atom. The third-order valence-electron chi connectivity index (χ3n) is 5.11. The van der Waals surface area contributed by atoms with E-state index in [4.69, 9.17) is 14.2 Å². The van der Waals surface area contributed by atoms with Crippen LogP contribution in [0.3, 0.4) is 0 Å². The zero-order valence-corrected chi connectivity index (χ0v) is 19.5. The van der Waals surface area contributed by atoms with E-state index in [0.29, 0.717) is 17.8 Å². The summed E-state index contributed by atoms with van der Waals surface area (Å²) in [5.74, 6) is -0.318. The third kappa shape index (κ3) is 5.43. The summed E-state index contributed by atoms with van der Waals surface area (Å²) in [4.78, 5) is 23.2. The van der Waals surface area contributed by atoms with Gasteiger partial charge < -0.3 is 14.2 Å². The first-order chi connectivity index (χ1) is 15.7. The van der Waals surface area contributed by atoms with E-state index in [-0.39, 0.29) is 40.2 Å². The molecule has 33 heavy (non-hydrogen) atoms. The number of esters is 1. The maximum Gasteiger partial charge on any atom is 0.310 e. The van der Waals surface area contributed by atoms with Gasteiger partial charge in [0.25, 0.3) is 10.0 Å². The minimum absolute atomic E-state index is 0.0612. The highest BCUT2D eigenvalue weighted by Crippen LogP contribution is 2.34. The number of hydrogen-bond donors (Lipinski definition) is 2. The summed E-state index contributed by atoms with van der Waals surface area (Å²) < 4.78 is 44.1. The maximum absolute atomic E-state index is 13.2. The fraction of sp³-hybridized carbons (Fsp3) is 0.318. The van der Waals surface area contributed by atoms with Crippen LogP contribution in [0.5, 0.6) is 11.5 Å². The SMILES string of the molecule is COC(=O)Cc1cc(OC)c(OC)cc1S(=O)(=O)Nc1ccc(C2=NNC(=O)CC2C)cc1. The van der Waals surface area contributed by atoms with Crippen LogP contribution in [-0.2, 0) is 30.8 Å². The van der Waals surface area contributed by atoms with Gasteiger partial charge >= 0.3 is 5.97 Å². The zero-order valence-electron chi connectivity index (χ0n) is 18.7. The summed E-state index contributed by atoms with van der Waals surface area (Å²) in [6.07, 6.45) is 0.0605. The highest BCUT2D eigenvalue weighted by molar-refractivity contribution is 7.92. The first-order valence-electron chi connectivity index (χ1n) is 10.00. The van der Waals surface area contributed by atoms with Crippen molar-refractivity contribution in [2.45, 2.75) is 24.7 Å². The Hall–Kier alpha value is -3.60. The number of amides is 1.